The average molecular weight is 433 g/mol. The van der Waals surface area contributed by atoms with Gasteiger partial charge in [-0.05, 0) is 49.1 Å². The number of carbonyl (C=O) groups is 1. The van der Waals surface area contributed by atoms with Crippen molar-refractivity contribution in [3.05, 3.63) is 65.5 Å². The number of benzene rings is 2. The van der Waals surface area contributed by atoms with Crippen molar-refractivity contribution in [1.29, 1.82) is 0 Å². The highest BCUT2D eigenvalue weighted by Gasteiger charge is 2.35. The summed E-state index contributed by atoms with van der Waals surface area (Å²) >= 11 is 0. The van der Waals surface area contributed by atoms with Gasteiger partial charge in [0, 0.05) is 50.4 Å². The lowest BCUT2D eigenvalue weighted by molar-refractivity contribution is 0.0505. The van der Waals surface area contributed by atoms with E-state index >= 15 is 0 Å². The molecule has 0 bridgehead atoms. The monoisotopic (exact) mass is 433 g/mol. The fourth-order valence-electron chi connectivity index (χ4n) is 4.47. The van der Waals surface area contributed by atoms with Crippen LogP contribution in [0.5, 0.6) is 0 Å². The molecule has 0 spiro atoms. The Kier molecular flexibility index (Phi) is 6.36. The molecule has 31 heavy (non-hydrogen) atoms. The molecule has 2 aromatic carbocycles. The highest BCUT2D eigenvalue weighted by molar-refractivity contribution is 5.74. The van der Waals surface area contributed by atoms with Crippen molar-refractivity contribution < 1.29 is 22.7 Å². The van der Waals surface area contributed by atoms with Gasteiger partial charge in [0.25, 0.3) is 0 Å². The molecule has 4 rings (SSSR count). The number of carbonyl (C=O) groups excluding carboxylic acids is 1. The molecule has 2 aromatic rings. The minimum absolute atomic E-state index is 0.149. The minimum atomic E-state index is -0.616. The molecule has 166 valence electrons. The number of urea groups is 1. The van der Waals surface area contributed by atoms with Gasteiger partial charge in [0.05, 0.1) is 5.69 Å². The zero-order chi connectivity index (χ0) is 21.8. The Morgan fingerprint density at radius 2 is 1.87 bits per heavy atom. The highest BCUT2D eigenvalue weighted by Crippen LogP contribution is 2.34. The normalized spacial score (nSPS) is 20.5. The first-order valence-corrected chi connectivity index (χ1v) is 10.5. The molecule has 2 amide bonds. The van der Waals surface area contributed by atoms with E-state index in [4.69, 9.17) is 4.74 Å². The summed E-state index contributed by atoms with van der Waals surface area (Å²) in [6.07, 6.45) is 2.04. The van der Waals surface area contributed by atoms with E-state index in [9.17, 15) is 18.0 Å². The predicted octanol–water partition coefficient (Wildman–Crippen LogP) is 3.73. The number of ether oxygens (including phenoxy) is 1. The van der Waals surface area contributed by atoms with Gasteiger partial charge in [0.15, 0.2) is 0 Å². The molecule has 2 heterocycles. The summed E-state index contributed by atoms with van der Waals surface area (Å²) in [5, 5.41) is 5.88. The zero-order valence-corrected chi connectivity index (χ0v) is 17.2. The SMILES string of the molecule is O=C(NCC1(c2cccc(F)c2)CCOCC1)NC1CCN(c2ccc(F)cc2F)C1. The Bertz CT molecular complexity index is 934. The molecule has 0 saturated carbocycles. The topological polar surface area (TPSA) is 53.6 Å². The molecule has 2 aliphatic rings. The third-order valence-corrected chi connectivity index (χ3v) is 6.25. The number of rotatable bonds is 5. The lowest BCUT2D eigenvalue weighted by atomic mass is 9.74. The van der Waals surface area contributed by atoms with Crippen LogP contribution in [0.1, 0.15) is 24.8 Å². The fourth-order valence-corrected chi connectivity index (χ4v) is 4.47. The summed E-state index contributed by atoms with van der Waals surface area (Å²) < 4.78 is 46.5. The molecule has 8 heteroatoms. The molecule has 0 aliphatic carbocycles. The summed E-state index contributed by atoms with van der Waals surface area (Å²) in [6.45, 7) is 2.49. The number of amides is 2. The number of halogens is 3. The van der Waals surface area contributed by atoms with E-state index in [1.165, 1.54) is 24.3 Å². The van der Waals surface area contributed by atoms with Gasteiger partial charge in [-0.3, -0.25) is 0 Å². The van der Waals surface area contributed by atoms with Gasteiger partial charge in [-0.15, -0.1) is 0 Å². The van der Waals surface area contributed by atoms with Gasteiger partial charge in [0.2, 0.25) is 0 Å². The predicted molar refractivity (Wildman–Crippen MR) is 112 cm³/mol. The number of hydrogen-bond acceptors (Lipinski definition) is 3. The van der Waals surface area contributed by atoms with Crippen molar-refractivity contribution in [2.75, 3.05) is 37.7 Å². The van der Waals surface area contributed by atoms with Crippen molar-refractivity contribution in [3.63, 3.8) is 0 Å². The molecule has 2 aliphatic heterocycles. The maximum atomic E-state index is 14.0. The molecule has 2 saturated heterocycles. The van der Waals surface area contributed by atoms with Crippen LogP contribution in [0.2, 0.25) is 0 Å². The van der Waals surface area contributed by atoms with Crippen LogP contribution in [0.25, 0.3) is 0 Å². The van der Waals surface area contributed by atoms with E-state index in [1.807, 2.05) is 6.07 Å². The van der Waals surface area contributed by atoms with Crippen LogP contribution in [0.3, 0.4) is 0 Å². The molecule has 0 radical (unpaired) electrons. The lowest BCUT2D eigenvalue weighted by Gasteiger charge is -2.38. The van der Waals surface area contributed by atoms with Crippen LogP contribution >= 0.6 is 0 Å². The van der Waals surface area contributed by atoms with Crippen LogP contribution in [0.4, 0.5) is 23.7 Å². The van der Waals surface area contributed by atoms with Gasteiger partial charge >= 0.3 is 6.03 Å². The van der Waals surface area contributed by atoms with Gasteiger partial charge < -0.3 is 20.3 Å². The fraction of sp³-hybridized carbons (Fsp3) is 0.435. The van der Waals surface area contributed by atoms with Gasteiger partial charge in [-0.2, -0.15) is 0 Å². The molecule has 5 nitrogen and oxygen atoms in total. The van der Waals surface area contributed by atoms with Crippen LogP contribution in [0, 0.1) is 17.5 Å². The Hall–Kier alpha value is -2.74. The van der Waals surface area contributed by atoms with E-state index in [0.717, 1.165) is 11.6 Å². The van der Waals surface area contributed by atoms with Crippen molar-refractivity contribution in [1.82, 2.24) is 10.6 Å². The molecule has 1 atom stereocenters. The van der Waals surface area contributed by atoms with Crippen LogP contribution in [0.15, 0.2) is 42.5 Å². The molecular weight excluding hydrogens is 407 g/mol. The highest BCUT2D eigenvalue weighted by atomic mass is 19.1. The first-order valence-electron chi connectivity index (χ1n) is 10.5. The van der Waals surface area contributed by atoms with Gasteiger partial charge in [-0.25, -0.2) is 18.0 Å². The van der Waals surface area contributed by atoms with E-state index in [0.29, 0.717) is 57.8 Å². The Morgan fingerprint density at radius 3 is 2.61 bits per heavy atom. The smallest absolute Gasteiger partial charge is 0.315 e. The van der Waals surface area contributed by atoms with Crippen molar-refractivity contribution in [2.24, 2.45) is 0 Å². The largest absolute Gasteiger partial charge is 0.381 e. The third-order valence-electron chi connectivity index (χ3n) is 6.25. The van der Waals surface area contributed by atoms with Crippen LogP contribution in [-0.2, 0) is 10.2 Å². The van der Waals surface area contributed by atoms with Crippen molar-refractivity contribution in [3.8, 4) is 0 Å². The van der Waals surface area contributed by atoms with E-state index in [-0.39, 0.29) is 23.3 Å². The number of nitrogens with one attached hydrogen (secondary N) is 2. The summed E-state index contributed by atoms with van der Waals surface area (Å²) in [4.78, 5) is 14.4. The first kappa shape index (κ1) is 21.5. The second-order valence-corrected chi connectivity index (χ2v) is 8.26. The van der Waals surface area contributed by atoms with Crippen LogP contribution in [-0.4, -0.2) is 44.9 Å². The molecule has 2 N–H and O–H groups in total. The van der Waals surface area contributed by atoms with Crippen molar-refractivity contribution in [2.45, 2.75) is 30.7 Å². The molecule has 2 fully saturated rings. The molecule has 1 unspecified atom stereocenters. The number of nitrogens with zero attached hydrogens (tertiary/aromatic N) is 1. The molecular formula is C23H26F3N3O2. The van der Waals surface area contributed by atoms with E-state index in [2.05, 4.69) is 10.6 Å². The van der Waals surface area contributed by atoms with Crippen LogP contribution < -0.4 is 15.5 Å². The standard InChI is InChI=1S/C23H26F3N3O2/c24-17-3-1-2-16(12-17)23(7-10-31-11-8-23)15-27-22(30)28-19-6-9-29(14-19)21-5-4-18(25)13-20(21)26/h1-5,12-13,19H,6-11,14-15H2,(H2,27,28,30). The summed E-state index contributed by atoms with van der Waals surface area (Å²) in [5.41, 5.74) is 0.810. The van der Waals surface area contributed by atoms with Gasteiger partial charge in [-0.1, -0.05) is 12.1 Å². The van der Waals surface area contributed by atoms with Crippen molar-refractivity contribution >= 4 is 11.7 Å². The van der Waals surface area contributed by atoms with E-state index in [1.54, 1.807) is 11.0 Å². The Labute approximate surface area is 179 Å². The summed E-state index contributed by atoms with van der Waals surface area (Å²) in [5.74, 6) is -1.52. The van der Waals surface area contributed by atoms with E-state index < -0.39 is 11.6 Å². The number of anilines is 1. The Balaban J connectivity index is 1.35. The second-order valence-electron chi connectivity index (χ2n) is 8.26. The quantitative estimate of drug-likeness (QED) is 0.756. The second kappa shape index (κ2) is 9.18. The zero-order valence-electron chi connectivity index (χ0n) is 17.2. The summed E-state index contributed by atoms with van der Waals surface area (Å²) in [7, 11) is 0. The lowest BCUT2D eigenvalue weighted by Crippen LogP contribution is -2.49. The maximum absolute atomic E-state index is 14.0. The number of hydrogen-bond donors (Lipinski definition) is 2. The maximum Gasteiger partial charge on any atom is 0.315 e. The summed E-state index contributed by atoms with van der Waals surface area (Å²) in [6, 6.07) is 9.56. The van der Waals surface area contributed by atoms with Gasteiger partial charge in [0.1, 0.15) is 17.5 Å². The minimum Gasteiger partial charge on any atom is -0.381 e. The average Bonchev–Trinajstić information content (AvgIpc) is 3.21. The Morgan fingerprint density at radius 1 is 1.10 bits per heavy atom. The molecule has 0 aromatic heterocycles. The third kappa shape index (κ3) is 4.95. The first-order chi connectivity index (χ1) is 14.9.